The molecule has 0 radical (unpaired) electrons. The Labute approximate surface area is 211 Å². The average Bonchev–Trinajstić information content (AvgIpc) is 3.25. The van der Waals surface area contributed by atoms with Gasteiger partial charge in [0.25, 0.3) is 0 Å². The third-order valence-electron chi connectivity index (χ3n) is 6.12. The molecule has 2 aliphatic heterocycles. The van der Waals surface area contributed by atoms with E-state index in [4.69, 9.17) is 56.2 Å². The molecule has 7 heteroatoms. The van der Waals surface area contributed by atoms with Gasteiger partial charge in [-0.1, -0.05) is 88.9 Å². The van der Waals surface area contributed by atoms with E-state index < -0.39 is 6.23 Å². The van der Waals surface area contributed by atoms with Gasteiger partial charge in [0.2, 0.25) is 6.23 Å². The van der Waals surface area contributed by atoms with Gasteiger partial charge in [0.15, 0.2) is 0 Å². The molecule has 4 aromatic rings. The fraction of sp³-hybridized carbons (Fsp3) is 0.115. The third-order valence-corrected chi connectivity index (χ3v) is 7.18. The molecule has 0 amide bonds. The van der Waals surface area contributed by atoms with Gasteiger partial charge in [0.1, 0.15) is 5.75 Å². The molecule has 4 aromatic carbocycles. The lowest BCUT2D eigenvalue weighted by Gasteiger charge is -2.39. The van der Waals surface area contributed by atoms with Crippen LogP contribution in [0.2, 0.25) is 20.1 Å². The van der Waals surface area contributed by atoms with Crippen molar-refractivity contribution in [3.63, 3.8) is 0 Å². The number of hydrogen-bond donors (Lipinski definition) is 0. The Hall–Kier alpha value is -2.43. The van der Waals surface area contributed by atoms with Crippen LogP contribution in [0.15, 0.2) is 77.9 Å². The Morgan fingerprint density at radius 1 is 0.758 bits per heavy atom. The highest BCUT2D eigenvalue weighted by Gasteiger charge is 2.42. The second-order valence-corrected chi connectivity index (χ2v) is 9.84. The van der Waals surface area contributed by atoms with Crippen molar-refractivity contribution in [1.82, 2.24) is 5.01 Å². The highest BCUT2D eigenvalue weighted by molar-refractivity contribution is 6.36. The van der Waals surface area contributed by atoms with Crippen LogP contribution < -0.4 is 4.74 Å². The molecule has 0 bridgehead atoms. The number of rotatable bonds is 2. The van der Waals surface area contributed by atoms with Gasteiger partial charge in [-0.2, -0.15) is 5.10 Å². The van der Waals surface area contributed by atoms with Crippen LogP contribution in [0, 0.1) is 0 Å². The fourth-order valence-electron chi connectivity index (χ4n) is 4.56. The minimum absolute atomic E-state index is 0.0943. The van der Waals surface area contributed by atoms with Crippen LogP contribution in [-0.4, -0.2) is 10.7 Å². The third kappa shape index (κ3) is 3.64. The maximum atomic E-state index is 6.57. The zero-order chi connectivity index (χ0) is 22.7. The van der Waals surface area contributed by atoms with Crippen LogP contribution in [0.1, 0.15) is 35.4 Å². The quantitative estimate of drug-likeness (QED) is 0.267. The summed E-state index contributed by atoms with van der Waals surface area (Å²) in [5, 5.41) is 11.4. The summed E-state index contributed by atoms with van der Waals surface area (Å²) in [5.74, 6) is 0.605. The van der Waals surface area contributed by atoms with Gasteiger partial charge >= 0.3 is 0 Å². The minimum atomic E-state index is -0.552. The molecule has 0 fully saturated rings. The van der Waals surface area contributed by atoms with E-state index in [1.807, 2.05) is 29.3 Å². The van der Waals surface area contributed by atoms with E-state index >= 15 is 0 Å². The summed E-state index contributed by atoms with van der Waals surface area (Å²) in [5.41, 5.74) is 3.71. The van der Waals surface area contributed by atoms with E-state index in [9.17, 15) is 0 Å². The highest BCUT2D eigenvalue weighted by Crippen LogP contribution is 2.51. The number of hydrogen-bond acceptors (Lipinski definition) is 3. The maximum absolute atomic E-state index is 6.57. The Morgan fingerprint density at radius 3 is 2.36 bits per heavy atom. The SMILES string of the molecule is Clc1ccc(C2Oc3c(Cl)cc(Cl)cc3C3CC(c4ccc5ccccc5c4)=NN32)c(Cl)c1. The van der Waals surface area contributed by atoms with Gasteiger partial charge in [0, 0.05) is 27.6 Å². The second kappa shape index (κ2) is 8.11. The largest absolute Gasteiger partial charge is 0.463 e. The summed E-state index contributed by atoms with van der Waals surface area (Å²) >= 11 is 25.6. The summed E-state index contributed by atoms with van der Waals surface area (Å²) < 4.78 is 6.39. The van der Waals surface area contributed by atoms with Gasteiger partial charge in [0.05, 0.1) is 21.8 Å². The molecule has 0 aliphatic carbocycles. The zero-order valence-electron chi connectivity index (χ0n) is 17.1. The molecule has 0 saturated carbocycles. The molecule has 3 nitrogen and oxygen atoms in total. The van der Waals surface area contributed by atoms with Crippen LogP contribution in [-0.2, 0) is 0 Å². The van der Waals surface area contributed by atoms with Crippen LogP contribution in [0.5, 0.6) is 5.75 Å². The molecule has 2 atom stereocenters. The van der Waals surface area contributed by atoms with Crippen molar-refractivity contribution in [3.05, 3.63) is 110 Å². The van der Waals surface area contributed by atoms with E-state index in [0.717, 1.165) is 22.4 Å². The van der Waals surface area contributed by atoms with Gasteiger partial charge < -0.3 is 4.74 Å². The van der Waals surface area contributed by atoms with E-state index in [1.165, 1.54) is 10.8 Å². The highest BCUT2D eigenvalue weighted by atomic mass is 35.5. The van der Waals surface area contributed by atoms with Crippen molar-refractivity contribution in [2.24, 2.45) is 5.10 Å². The Bertz CT molecular complexity index is 1450. The van der Waals surface area contributed by atoms with Crippen molar-refractivity contribution < 1.29 is 4.74 Å². The normalized spacial score (nSPS) is 19.2. The first-order chi connectivity index (χ1) is 16.0. The topological polar surface area (TPSA) is 24.8 Å². The van der Waals surface area contributed by atoms with Crippen molar-refractivity contribution in [2.45, 2.75) is 18.7 Å². The molecule has 2 unspecified atom stereocenters. The predicted molar refractivity (Wildman–Crippen MR) is 136 cm³/mol. The lowest BCUT2D eigenvalue weighted by Crippen LogP contribution is -2.34. The lowest BCUT2D eigenvalue weighted by atomic mass is 9.95. The number of benzene rings is 4. The lowest BCUT2D eigenvalue weighted by molar-refractivity contribution is -0.0188. The van der Waals surface area contributed by atoms with Crippen LogP contribution in [0.4, 0.5) is 0 Å². The first kappa shape index (κ1) is 21.1. The molecule has 0 spiro atoms. The molecular weight excluding hydrogens is 498 g/mol. The van der Waals surface area contributed by atoms with Crippen molar-refractivity contribution in [1.29, 1.82) is 0 Å². The van der Waals surface area contributed by atoms with E-state index in [2.05, 4.69) is 30.3 Å². The smallest absolute Gasteiger partial charge is 0.215 e. The molecule has 2 heterocycles. The van der Waals surface area contributed by atoms with E-state index in [0.29, 0.717) is 32.3 Å². The van der Waals surface area contributed by atoms with E-state index in [1.54, 1.807) is 18.2 Å². The molecule has 0 N–H and O–H groups in total. The number of nitrogens with zero attached hydrogens (tertiary/aromatic N) is 2. The summed E-state index contributed by atoms with van der Waals surface area (Å²) in [4.78, 5) is 0. The molecular formula is C26H16Cl4N2O. The summed E-state index contributed by atoms with van der Waals surface area (Å²) in [6.45, 7) is 0. The summed E-state index contributed by atoms with van der Waals surface area (Å²) in [6, 6.07) is 23.6. The number of halogens is 4. The number of ether oxygens (including phenoxy) is 1. The van der Waals surface area contributed by atoms with Gasteiger partial charge in [-0.05, 0) is 46.7 Å². The minimum Gasteiger partial charge on any atom is -0.463 e. The Balaban J connectivity index is 1.49. The van der Waals surface area contributed by atoms with Crippen molar-refractivity contribution in [2.75, 3.05) is 0 Å². The van der Waals surface area contributed by atoms with E-state index in [-0.39, 0.29) is 6.04 Å². The van der Waals surface area contributed by atoms with Crippen molar-refractivity contribution in [3.8, 4) is 5.75 Å². The first-order valence-electron chi connectivity index (χ1n) is 10.4. The Kier molecular flexibility index (Phi) is 5.19. The molecule has 33 heavy (non-hydrogen) atoms. The van der Waals surface area contributed by atoms with Crippen LogP contribution in [0.25, 0.3) is 10.8 Å². The molecule has 0 saturated heterocycles. The van der Waals surface area contributed by atoms with Crippen molar-refractivity contribution >= 4 is 62.9 Å². The monoisotopic (exact) mass is 512 g/mol. The second-order valence-electron chi connectivity index (χ2n) is 8.15. The maximum Gasteiger partial charge on any atom is 0.215 e. The first-order valence-corrected chi connectivity index (χ1v) is 11.9. The standard InChI is InChI=1S/C26H16Cl4N2O/c27-17-7-8-19(21(29)11-17)26-32-24(20-10-18(28)12-22(30)25(20)33-26)13-23(31-32)16-6-5-14-3-1-2-4-15(14)9-16/h1-12,24,26H,13H2. The fourth-order valence-corrected chi connectivity index (χ4v) is 5.62. The van der Waals surface area contributed by atoms with Crippen LogP contribution in [0.3, 0.4) is 0 Å². The average molecular weight is 514 g/mol. The summed E-state index contributed by atoms with van der Waals surface area (Å²) in [6.07, 6.45) is 0.136. The van der Waals surface area contributed by atoms with Gasteiger partial charge in [-0.3, -0.25) is 0 Å². The molecule has 0 aromatic heterocycles. The van der Waals surface area contributed by atoms with Crippen LogP contribution >= 0.6 is 46.4 Å². The Morgan fingerprint density at radius 2 is 1.55 bits per heavy atom. The predicted octanol–water partition coefficient (Wildman–Crippen LogP) is 8.70. The summed E-state index contributed by atoms with van der Waals surface area (Å²) in [7, 11) is 0. The number of hydrazone groups is 1. The molecule has 164 valence electrons. The number of fused-ring (bicyclic) bond motifs is 4. The van der Waals surface area contributed by atoms with Gasteiger partial charge in [-0.15, -0.1) is 0 Å². The zero-order valence-corrected chi connectivity index (χ0v) is 20.1. The molecule has 6 rings (SSSR count). The molecule has 2 aliphatic rings. The van der Waals surface area contributed by atoms with Gasteiger partial charge in [-0.25, -0.2) is 5.01 Å².